The SMILES string of the molecule is CC(C)(C)O.Cc1ncc(-c2ccc(C(F)(F)CC(C)C)cn2)c(N2CCC(C)(C)CC2)c1CC(=O)O. The first kappa shape index (κ1) is 30.6. The smallest absolute Gasteiger partial charge is 0.307 e. The molecule has 1 aliphatic heterocycles. The zero-order chi connectivity index (χ0) is 28.2. The van der Waals surface area contributed by atoms with Gasteiger partial charge in [0.25, 0.3) is 5.92 Å². The average molecular weight is 520 g/mol. The number of carboxylic acids is 1. The van der Waals surface area contributed by atoms with Gasteiger partial charge in [0.15, 0.2) is 0 Å². The van der Waals surface area contributed by atoms with Gasteiger partial charge in [0.05, 0.1) is 23.4 Å². The van der Waals surface area contributed by atoms with Crippen LogP contribution in [0.1, 0.15) is 84.5 Å². The summed E-state index contributed by atoms with van der Waals surface area (Å²) in [6.07, 6.45) is 4.49. The number of aromatic nitrogens is 2. The van der Waals surface area contributed by atoms with Crippen LogP contribution in [0, 0.1) is 18.3 Å². The summed E-state index contributed by atoms with van der Waals surface area (Å²) in [5, 5.41) is 18.0. The zero-order valence-electron chi connectivity index (χ0n) is 23.5. The molecule has 6 nitrogen and oxygen atoms in total. The maximum absolute atomic E-state index is 14.5. The van der Waals surface area contributed by atoms with E-state index in [-0.39, 0.29) is 29.7 Å². The quantitative estimate of drug-likeness (QED) is 0.427. The molecule has 206 valence electrons. The second kappa shape index (κ2) is 11.8. The Morgan fingerprint density at radius 2 is 1.68 bits per heavy atom. The lowest BCUT2D eigenvalue weighted by Gasteiger charge is -2.40. The number of alkyl halides is 2. The van der Waals surface area contributed by atoms with E-state index in [1.54, 1.807) is 46.9 Å². The standard InChI is InChI=1S/C25H33F2N3O2.C4H10O/c1-16(2)13-25(26,27)18-6-7-21(29-14-18)20-15-28-17(3)19(12-22(31)32)23(20)30-10-8-24(4,5)9-11-30;1-4(2,3)5/h6-7,14-16H,8-13H2,1-5H3,(H,31,32);5H,1-3H3. The van der Waals surface area contributed by atoms with Gasteiger partial charge >= 0.3 is 5.97 Å². The predicted molar refractivity (Wildman–Crippen MR) is 144 cm³/mol. The number of anilines is 1. The second-order valence-corrected chi connectivity index (χ2v) is 12.2. The maximum atomic E-state index is 14.5. The van der Waals surface area contributed by atoms with Crippen LogP contribution in [0.3, 0.4) is 0 Å². The summed E-state index contributed by atoms with van der Waals surface area (Å²) in [4.78, 5) is 22.6. The number of carboxylic acid groups (broad SMARTS) is 1. The van der Waals surface area contributed by atoms with E-state index < -0.39 is 17.5 Å². The van der Waals surface area contributed by atoms with Crippen molar-refractivity contribution in [1.29, 1.82) is 0 Å². The highest BCUT2D eigenvalue weighted by molar-refractivity contribution is 5.83. The number of hydrogen-bond acceptors (Lipinski definition) is 5. The minimum Gasteiger partial charge on any atom is -0.481 e. The van der Waals surface area contributed by atoms with Gasteiger partial charge in [-0.3, -0.25) is 14.8 Å². The van der Waals surface area contributed by atoms with Crippen molar-refractivity contribution in [3.05, 3.63) is 41.3 Å². The van der Waals surface area contributed by atoms with E-state index in [4.69, 9.17) is 5.11 Å². The molecule has 2 aromatic rings. The molecule has 1 aliphatic rings. The normalized spacial score (nSPS) is 15.8. The van der Waals surface area contributed by atoms with Crippen molar-refractivity contribution in [1.82, 2.24) is 9.97 Å². The lowest BCUT2D eigenvalue weighted by atomic mass is 9.82. The van der Waals surface area contributed by atoms with Gasteiger partial charge < -0.3 is 15.1 Å². The highest BCUT2D eigenvalue weighted by Gasteiger charge is 2.33. The van der Waals surface area contributed by atoms with E-state index in [9.17, 15) is 18.7 Å². The predicted octanol–water partition coefficient (Wildman–Crippen LogP) is 6.62. The molecule has 37 heavy (non-hydrogen) atoms. The summed E-state index contributed by atoms with van der Waals surface area (Å²) < 4.78 is 29.0. The molecule has 0 amide bonds. The van der Waals surface area contributed by atoms with Gasteiger partial charge in [-0.25, -0.2) is 8.78 Å². The summed E-state index contributed by atoms with van der Waals surface area (Å²) >= 11 is 0. The number of pyridine rings is 2. The van der Waals surface area contributed by atoms with Gasteiger partial charge in [0.2, 0.25) is 0 Å². The van der Waals surface area contributed by atoms with Crippen molar-refractivity contribution in [3.8, 4) is 11.3 Å². The first-order chi connectivity index (χ1) is 16.9. The van der Waals surface area contributed by atoms with Crippen molar-refractivity contribution in [3.63, 3.8) is 0 Å². The molecule has 2 N–H and O–H groups in total. The summed E-state index contributed by atoms with van der Waals surface area (Å²) in [6.45, 7) is 16.6. The lowest BCUT2D eigenvalue weighted by molar-refractivity contribution is -0.136. The van der Waals surface area contributed by atoms with Crippen LogP contribution >= 0.6 is 0 Å². The molecule has 0 atom stereocenters. The molecular weight excluding hydrogens is 476 g/mol. The van der Waals surface area contributed by atoms with Crippen LogP contribution in [0.5, 0.6) is 0 Å². The fraction of sp³-hybridized carbons (Fsp3) is 0.621. The van der Waals surface area contributed by atoms with Crippen LogP contribution in [0.25, 0.3) is 11.3 Å². The van der Waals surface area contributed by atoms with Crippen LogP contribution < -0.4 is 4.90 Å². The third-order valence-corrected chi connectivity index (χ3v) is 6.25. The van der Waals surface area contributed by atoms with Crippen LogP contribution in [-0.4, -0.2) is 44.8 Å². The molecule has 1 fully saturated rings. The molecule has 0 aliphatic carbocycles. The van der Waals surface area contributed by atoms with Crippen molar-refractivity contribution < 1.29 is 23.8 Å². The number of hydrogen-bond donors (Lipinski definition) is 2. The first-order valence-corrected chi connectivity index (χ1v) is 12.9. The van der Waals surface area contributed by atoms with Gasteiger partial charge in [-0.05, 0) is 64.0 Å². The number of aryl methyl sites for hydroxylation is 1. The number of halogens is 2. The van der Waals surface area contributed by atoms with E-state index in [1.807, 2.05) is 6.92 Å². The summed E-state index contributed by atoms with van der Waals surface area (Å²) in [7, 11) is 0. The van der Waals surface area contributed by atoms with Crippen LogP contribution in [0.4, 0.5) is 14.5 Å². The molecule has 0 radical (unpaired) electrons. The maximum Gasteiger partial charge on any atom is 0.307 e. The molecule has 0 spiro atoms. The third kappa shape index (κ3) is 9.33. The Morgan fingerprint density at radius 1 is 1.11 bits per heavy atom. The van der Waals surface area contributed by atoms with E-state index in [1.165, 1.54) is 12.3 Å². The fourth-order valence-electron chi connectivity index (χ4n) is 4.28. The minimum absolute atomic E-state index is 0.109. The zero-order valence-corrected chi connectivity index (χ0v) is 23.5. The number of aliphatic carboxylic acids is 1. The molecular formula is C29H43F2N3O3. The van der Waals surface area contributed by atoms with Gasteiger partial charge in [0, 0.05) is 54.3 Å². The molecule has 0 bridgehead atoms. The molecule has 0 unspecified atom stereocenters. The van der Waals surface area contributed by atoms with E-state index in [2.05, 4.69) is 28.7 Å². The molecule has 2 aromatic heterocycles. The number of rotatable bonds is 7. The fourth-order valence-corrected chi connectivity index (χ4v) is 4.28. The molecule has 3 heterocycles. The van der Waals surface area contributed by atoms with E-state index >= 15 is 0 Å². The average Bonchev–Trinajstić information content (AvgIpc) is 2.73. The summed E-state index contributed by atoms with van der Waals surface area (Å²) in [5.74, 6) is -4.01. The molecule has 8 heteroatoms. The molecule has 0 saturated carbocycles. The Hall–Kier alpha value is -2.61. The van der Waals surface area contributed by atoms with Crippen LogP contribution in [0.2, 0.25) is 0 Å². The van der Waals surface area contributed by atoms with Gasteiger partial charge in [-0.15, -0.1) is 0 Å². The number of nitrogens with zero attached hydrogens (tertiary/aromatic N) is 3. The highest BCUT2D eigenvalue weighted by atomic mass is 19.3. The van der Waals surface area contributed by atoms with Crippen molar-refractivity contribution in [2.45, 2.75) is 92.6 Å². The third-order valence-electron chi connectivity index (χ3n) is 6.25. The largest absolute Gasteiger partial charge is 0.481 e. The molecule has 0 aromatic carbocycles. The number of aliphatic hydroxyl groups is 1. The highest BCUT2D eigenvalue weighted by Crippen LogP contribution is 2.40. The van der Waals surface area contributed by atoms with Gasteiger partial charge in [-0.1, -0.05) is 27.7 Å². The van der Waals surface area contributed by atoms with Crippen LogP contribution in [-0.2, 0) is 17.1 Å². The Kier molecular flexibility index (Phi) is 9.80. The van der Waals surface area contributed by atoms with E-state index in [0.29, 0.717) is 22.5 Å². The minimum atomic E-state index is -2.94. The Morgan fingerprint density at radius 3 is 2.14 bits per heavy atom. The molecule has 1 saturated heterocycles. The van der Waals surface area contributed by atoms with Crippen LogP contribution in [0.15, 0.2) is 24.5 Å². The summed E-state index contributed by atoms with van der Waals surface area (Å²) in [6, 6.07) is 3.02. The summed E-state index contributed by atoms with van der Waals surface area (Å²) in [5.41, 5.74) is 2.96. The molecule has 3 rings (SSSR count). The topological polar surface area (TPSA) is 86.6 Å². The van der Waals surface area contributed by atoms with Crippen molar-refractivity contribution in [2.75, 3.05) is 18.0 Å². The number of piperidine rings is 1. The monoisotopic (exact) mass is 519 g/mol. The number of carbonyl (C=O) groups is 1. The Balaban J connectivity index is 0.000000877. The lowest BCUT2D eigenvalue weighted by Crippen LogP contribution is -2.38. The van der Waals surface area contributed by atoms with Gasteiger partial charge in [-0.2, -0.15) is 0 Å². The van der Waals surface area contributed by atoms with Gasteiger partial charge in [0.1, 0.15) is 0 Å². The van der Waals surface area contributed by atoms with Crippen molar-refractivity contribution in [2.24, 2.45) is 11.3 Å². The first-order valence-electron chi connectivity index (χ1n) is 12.9. The van der Waals surface area contributed by atoms with E-state index in [0.717, 1.165) is 31.6 Å². The second-order valence-electron chi connectivity index (χ2n) is 12.2. The Labute approximate surface area is 220 Å². The Bertz CT molecular complexity index is 1050. The van der Waals surface area contributed by atoms with Crippen molar-refractivity contribution >= 4 is 11.7 Å².